The maximum atomic E-state index is 13.2. The highest BCUT2D eigenvalue weighted by atomic mass is 16.3. The topological polar surface area (TPSA) is 77.1 Å². The number of hydrogen-bond donors (Lipinski definition) is 1. The van der Waals surface area contributed by atoms with Gasteiger partial charge in [-0.15, -0.1) is 0 Å². The van der Waals surface area contributed by atoms with Gasteiger partial charge in [0.2, 0.25) is 5.71 Å². The van der Waals surface area contributed by atoms with E-state index in [1.54, 1.807) is 11.5 Å². The summed E-state index contributed by atoms with van der Waals surface area (Å²) in [6.07, 6.45) is 4.43. The van der Waals surface area contributed by atoms with E-state index in [0.717, 1.165) is 24.8 Å². The number of aromatic nitrogens is 2. The number of rotatable bonds is 4. The molecule has 3 aromatic rings. The highest BCUT2D eigenvalue weighted by Crippen LogP contribution is 2.30. The molecule has 28 heavy (non-hydrogen) atoms. The molecule has 0 bridgehead atoms. The standard InChI is InChI=1S/C22H25N3O3/c1-13(2)11-25-12-23-21-19(22(25)27)18(14(3)28-21)20(26)24-17-10-6-8-15-7-4-5-9-16(15)17/h4-5,7,9,12-13,17H,6,8,10-11H2,1-3H3,(H,24,26)/t17-/m0/s1. The Kier molecular flexibility index (Phi) is 4.79. The summed E-state index contributed by atoms with van der Waals surface area (Å²) in [5, 5.41) is 3.39. The Bertz CT molecular complexity index is 1090. The first-order valence-corrected chi connectivity index (χ1v) is 9.83. The van der Waals surface area contributed by atoms with Crippen LogP contribution >= 0.6 is 0 Å². The summed E-state index contributed by atoms with van der Waals surface area (Å²) < 4.78 is 7.18. The van der Waals surface area contributed by atoms with E-state index < -0.39 is 0 Å². The Morgan fingerprint density at radius 3 is 2.93 bits per heavy atom. The summed E-state index contributed by atoms with van der Waals surface area (Å²) in [6.45, 7) is 6.32. The van der Waals surface area contributed by atoms with Gasteiger partial charge in [-0.2, -0.15) is 0 Å². The van der Waals surface area contributed by atoms with Crippen LogP contribution in [0.25, 0.3) is 11.1 Å². The molecular weight excluding hydrogens is 354 g/mol. The fraction of sp³-hybridized carbons (Fsp3) is 0.409. The Morgan fingerprint density at radius 2 is 2.14 bits per heavy atom. The molecule has 1 atom stereocenters. The third-order valence-corrected chi connectivity index (χ3v) is 5.32. The largest absolute Gasteiger partial charge is 0.442 e. The van der Waals surface area contributed by atoms with Crippen molar-refractivity contribution in [3.63, 3.8) is 0 Å². The van der Waals surface area contributed by atoms with Gasteiger partial charge in [0.15, 0.2) is 0 Å². The lowest BCUT2D eigenvalue weighted by molar-refractivity contribution is 0.0932. The van der Waals surface area contributed by atoms with Gasteiger partial charge in [0, 0.05) is 6.54 Å². The monoisotopic (exact) mass is 379 g/mol. The molecule has 0 radical (unpaired) electrons. The van der Waals surface area contributed by atoms with Crippen molar-refractivity contribution in [3.05, 3.63) is 63.4 Å². The molecule has 1 aromatic carbocycles. The quantitative estimate of drug-likeness (QED) is 0.749. The van der Waals surface area contributed by atoms with Gasteiger partial charge in [-0.25, -0.2) is 4.98 Å². The molecule has 2 heterocycles. The van der Waals surface area contributed by atoms with Crippen LogP contribution in [0.1, 0.15) is 60.0 Å². The number of nitrogens with one attached hydrogen (secondary N) is 1. The zero-order valence-electron chi connectivity index (χ0n) is 16.5. The van der Waals surface area contributed by atoms with Crippen LogP contribution in [-0.4, -0.2) is 15.5 Å². The minimum absolute atomic E-state index is 0.0589. The van der Waals surface area contributed by atoms with Gasteiger partial charge < -0.3 is 9.73 Å². The van der Waals surface area contributed by atoms with Crippen molar-refractivity contribution in [1.82, 2.24) is 14.9 Å². The zero-order valence-corrected chi connectivity index (χ0v) is 16.5. The Hall–Kier alpha value is -2.89. The Balaban J connectivity index is 1.72. The number of benzene rings is 1. The molecule has 0 saturated carbocycles. The van der Waals surface area contributed by atoms with E-state index in [2.05, 4.69) is 22.4 Å². The molecular formula is C22H25N3O3. The minimum atomic E-state index is -0.279. The van der Waals surface area contributed by atoms with Gasteiger partial charge >= 0.3 is 0 Å². The normalized spacial score (nSPS) is 16.4. The van der Waals surface area contributed by atoms with Crippen molar-refractivity contribution in [3.8, 4) is 0 Å². The maximum absolute atomic E-state index is 13.2. The fourth-order valence-corrected chi connectivity index (χ4v) is 4.07. The number of fused-ring (bicyclic) bond motifs is 2. The van der Waals surface area contributed by atoms with E-state index >= 15 is 0 Å². The van der Waals surface area contributed by atoms with Crippen LogP contribution < -0.4 is 10.9 Å². The van der Waals surface area contributed by atoms with E-state index in [-0.39, 0.29) is 28.6 Å². The summed E-state index contributed by atoms with van der Waals surface area (Å²) in [4.78, 5) is 30.4. The van der Waals surface area contributed by atoms with Gasteiger partial charge in [0.1, 0.15) is 17.5 Å². The highest BCUT2D eigenvalue weighted by molar-refractivity contribution is 6.06. The van der Waals surface area contributed by atoms with Gasteiger partial charge in [-0.05, 0) is 43.2 Å². The van der Waals surface area contributed by atoms with Crippen molar-refractivity contribution >= 4 is 17.0 Å². The molecule has 0 spiro atoms. The summed E-state index contributed by atoms with van der Waals surface area (Å²) in [5.74, 6) is 0.434. The average molecular weight is 379 g/mol. The van der Waals surface area contributed by atoms with Crippen molar-refractivity contribution in [2.45, 2.75) is 52.6 Å². The van der Waals surface area contributed by atoms with Crippen LogP contribution in [-0.2, 0) is 13.0 Å². The average Bonchev–Trinajstić information content (AvgIpc) is 3.01. The van der Waals surface area contributed by atoms with E-state index in [4.69, 9.17) is 4.42 Å². The summed E-state index contributed by atoms with van der Waals surface area (Å²) in [7, 11) is 0. The molecule has 0 saturated heterocycles. The van der Waals surface area contributed by atoms with Crippen LogP contribution in [0.4, 0.5) is 0 Å². The van der Waals surface area contributed by atoms with E-state index in [1.807, 2.05) is 26.0 Å². The Morgan fingerprint density at radius 1 is 1.36 bits per heavy atom. The molecule has 2 aromatic heterocycles. The Labute approximate surface area is 163 Å². The molecule has 1 amide bonds. The SMILES string of the molecule is Cc1oc2ncn(CC(C)C)c(=O)c2c1C(=O)N[C@H]1CCCc2ccccc21. The molecule has 1 aliphatic rings. The lowest BCUT2D eigenvalue weighted by atomic mass is 9.87. The van der Waals surface area contributed by atoms with Crippen LogP contribution in [0.15, 0.2) is 39.8 Å². The molecule has 146 valence electrons. The molecule has 0 aliphatic heterocycles. The first kappa shape index (κ1) is 18.5. The van der Waals surface area contributed by atoms with Crippen LogP contribution in [0.5, 0.6) is 0 Å². The number of carbonyl (C=O) groups is 1. The number of aryl methyl sites for hydroxylation is 2. The lowest BCUT2D eigenvalue weighted by Gasteiger charge is -2.26. The number of hydrogen-bond acceptors (Lipinski definition) is 4. The molecule has 0 fully saturated rings. The molecule has 0 unspecified atom stereocenters. The first-order valence-electron chi connectivity index (χ1n) is 9.83. The van der Waals surface area contributed by atoms with Crippen molar-refractivity contribution in [2.75, 3.05) is 0 Å². The smallest absolute Gasteiger partial charge is 0.265 e. The predicted molar refractivity (Wildman–Crippen MR) is 107 cm³/mol. The van der Waals surface area contributed by atoms with E-state index in [0.29, 0.717) is 23.8 Å². The minimum Gasteiger partial charge on any atom is -0.442 e. The van der Waals surface area contributed by atoms with E-state index in [1.165, 1.54) is 11.9 Å². The van der Waals surface area contributed by atoms with Crippen molar-refractivity contribution in [2.24, 2.45) is 5.92 Å². The molecule has 6 heteroatoms. The number of furan rings is 1. The van der Waals surface area contributed by atoms with Crippen LogP contribution in [0.3, 0.4) is 0 Å². The van der Waals surface area contributed by atoms with Gasteiger partial charge in [-0.1, -0.05) is 38.1 Å². The molecule has 4 rings (SSSR count). The number of carbonyl (C=O) groups excluding carboxylic acids is 1. The van der Waals surface area contributed by atoms with Crippen LogP contribution in [0.2, 0.25) is 0 Å². The molecule has 6 nitrogen and oxygen atoms in total. The second-order valence-electron chi connectivity index (χ2n) is 7.93. The third kappa shape index (κ3) is 3.23. The zero-order chi connectivity index (χ0) is 19.8. The fourth-order valence-electron chi connectivity index (χ4n) is 4.07. The predicted octanol–water partition coefficient (Wildman–Crippen LogP) is 3.76. The molecule has 1 aliphatic carbocycles. The maximum Gasteiger partial charge on any atom is 0.265 e. The summed E-state index contributed by atoms with van der Waals surface area (Å²) in [6, 6.07) is 8.14. The van der Waals surface area contributed by atoms with Gasteiger partial charge in [-0.3, -0.25) is 14.2 Å². The lowest BCUT2D eigenvalue weighted by Crippen LogP contribution is -2.32. The summed E-state index contributed by atoms with van der Waals surface area (Å²) in [5.41, 5.74) is 2.71. The van der Waals surface area contributed by atoms with E-state index in [9.17, 15) is 9.59 Å². The third-order valence-electron chi connectivity index (χ3n) is 5.32. The number of amides is 1. The van der Waals surface area contributed by atoms with Crippen LogP contribution in [0, 0.1) is 12.8 Å². The molecule has 1 N–H and O–H groups in total. The van der Waals surface area contributed by atoms with Crippen molar-refractivity contribution in [1.29, 1.82) is 0 Å². The van der Waals surface area contributed by atoms with Crippen molar-refractivity contribution < 1.29 is 9.21 Å². The van der Waals surface area contributed by atoms with Gasteiger partial charge in [0.25, 0.3) is 11.5 Å². The summed E-state index contributed by atoms with van der Waals surface area (Å²) >= 11 is 0. The second kappa shape index (κ2) is 7.26. The first-order chi connectivity index (χ1) is 13.5. The highest BCUT2D eigenvalue weighted by Gasteiger charge is 2.27. The number of nitrogens with zero attached hydrogens (tertiary/aromatic N) is 2. The second-order valence-corrected chi connectivity index (χ2v) is 7.93. The van der Waals surface area contributed by atoms with Gasteiger partial charge in [0.05, 0.1) is 11.6 Å².